The molecular formula is C27H42N2O2. The van der Waals surface area contributed by atoms with Crippen molar-refractivity contribution >= 4 is 6.08 Å². The highest BCUT2D eigenvalue weighted by atomic mass is 16.3. The molecule has 2 N–H and O–H groups in total. The van der Waals surface area contributed by atoms with Gasteiger partial charge in [-0.25, -0.2) is 0 Å². The number of hydrogen-bond acceptors (Lipinski definition) is 3. The van der Waals surface area contributed by atoms with Crippen molar-refractivity contribution in [1.82, 2.24) is 9.78 Å². The van der Waals surface area contributed by atoms with E-state index in [0.29, 0.717) is 17.3 Å². The molecule has 1 aromatic heterocycles. The summed E-state index contributed by atoms with van der Waals surface area (Å²) in [5.74, 6) is 2.75. The van der Waals surface area contributed by atoms with Gasteiger partial charge in [-0.15, -0.1) is 0 Å². The SMILES string of the molecule is CCn1nc(C)c(/C=C2\C[C@H]3[C@@H]4CC[C@H]5C[C@@H](O)CC[C@]5(C)[C@H]4CC[C@]3(C)[C@@H]2O)c1C. The minimum absolute atomic E-state index is 0.00688. The van der Waals surface area contributed by atoms with Crippen LogP contribution in [0, 0.1) is 48.3 Å². The lowest BCUT2D eigenvalue weighted by atomic mass is 9.45. The number of fused-ring (bicyclic) bond motifs is 5. The first-order chi connectivity index (χ1) is 14.7. The Labute approximate surface area is 188 Å². The molecule has 4 heteroatoms. The van der Waals surface area contributed by atoms with E-state index in [1.807, 2.05) is 0 Å². The molecule has 1 aromatic rings. The summed E-state index contributed by atoms with van der Waals surface area (Å²) in [5, 5.41) is 26.5. The van der Waals surface area contributed by atoms with Gasteiger partial charge in [0.1, 0.15) is 0 Å². The van der Waals surface area contributed by atoms with Crippen LogP contribution in [-0.4, -0.2) is 32.2 Å². The number of aliphatic hydroxyl groups is 2. The molecule has 31 heavy (non-hydrogen) atoms. The van der Waals surface area contributed by atoms with Gasteiger partial charge in [0, 0.05) is 23.2 Å². The third-order valence-electron chi connectivity index (χ3n) is 10.6. The lowest BCUT2D eigenvalue weighted by molar-refractivity contribution is -0.133. The van der Waals surface area contributed by atoms with Gasteiger partial charge in [-0.05, 0) is 113 Å². The predicted molar refractivity (Wildman–Crippen MR) is 124 cm³/mol. The van der Waals surface area contributed by atoms with E-state index in [9.17, 15) is 10.2 Å². The second kappa shape index (κ2) is 7.45. The Bertz CT molecular complexity index is 888. The summed E-state index contributed by atoms with van der Waals surface area (Å²) in [6, 6.07) is 0. The van der Waals surface area contributed by atoms with Gasteiger partial charge in [0.25, 0.3) is 0 Å². The monoisotopic (exact) mass is 426 g/mol. The number of aliphatic hydroxyl groups excluding tert-OH is 2. The number of rotatable bonds is 2. The van der Waals surface area contributed by atoms with E-state index in [-0.39, 0.29) is 17.6 Å². The predicted octanol–water partition coefficient (Wildman–Crippen LogP) is 5.28. The quantitative estimate of drug-likeness (QED) is 0.677. The first-order valence-corrected chi connectivity index (χ1v) is 12.8. The normalized spacial score (nSPS) is 46.0. The van der Waals surface area contributed by atoms with E-state index in [0.717, 1.165) is 49.8 Å². The second-order valence-corrected chi connectivity index (χ2v) is 11.9. The summed E-state index contributed by atoms with van der Waals surface area (Å²) >= 11 is 0. The Hall–Kier alpha value is -1.13. The molecule has 0 saturated heterocycles. The molecule has 0 aromatic carbocycles. The van der Waals surface area contributed by atoms with Crippen LogP contribution in [0.5, 0.6) is 0 Å². The summed E-state index contributed by atoms with van der Waals surface area (Å²) in [6.45, 7) is 12.2. The molecule has 5 rings (SSSR count). The zero-order chi connectivity index (χ0) is 22.1. The lowest BCUT2D eigenvalue weighted by Crippen LogP contribution is -2.54. The Morgan fingerprint density at radius 1 is 1.03 bits per heavy atom. The van der Waals surface area contributed by atoms with Crippen molar-refractivity contribution in [2.45, 2.75) is 105 Å². The smallest absolute Gasteiger partial charge is 0.0809 e. The third kappa shape index (κ3) is 3.11. The minimum atomic E-state index is -0.332. The van der Waals surface area contributed by atoms with Crippen LogP contribution < -0.4 is 0 Å². The molecule has 172 valence electrons. The van der Waals surface area contributed by atoms with Gasteiger partial charge in [-0.1, -0.05) is 13.8 Å². The average molecular weight is 427 g/mol. The number of hydrogen-bond donors (Lipinski definition) is 2. The Morgan fingerprint density at radius 3 is 2.48 bits per heavy atom. The van der Waals surface area contributed by atoms with Gasteiger partial charge in [-0.3, -0.25) is 4.68 Å². The first-order valence-electron chi connectivity index (χ1n) is 12.8. The van der Waals surface area contributed by atoms with Crippen molar-refractivity contribution in [1.29, 1.82) is 0 Å². The van der Waals surface area contributed by atoms with E-state index in [1.54, 1.807) is 0 Å². The molecule has 4 nitrogen and oxygen atoms in total. The van der Waals surface area contributed by atoms with Crippen LogP contribution in [0.4, 0.5) is 0 Å². The molecule has 0 unspecified atom stereocenters. The molecule has 4 saturated carbocycles. The van der Waals surface area contributed by atoms with Crippen molar-refractivity contribution in [2.75, 3.05) is 0 Å². The van der Waals surface area contributed by atoms with Crippen LogP contribution in [-0.2, 0) is 6.54 Å². The minimum Gasteiger partial charge on any atom is -0.393 e. The number of aromatic nitrogens is 2. The van der Waals surface area contributed by atoms with Gasteiger partial charge >= 0.3 is 0 Å². The maximum Gasteiger partial charge on any atom is 0.0809 e. The average Bonchev–Trinajstić information content (AvgIpc) is 3.16. The highest BCUT2D eigenvalue weighted by Crippen LogP contribution is 2.67. The van der Waals surface area contributed by atoms with Gasteiger partial charge in [0.15, 0.2) is 0 Å². The van der Waals surface area contributed by atoms with Gasteiger partial charge in [0.05, 0.1) is 17.9 Å². The summed E-state index contributed by atoms with van der Waals surface area (Å²) in [6.07, 6.45) is 11.0. The standard InChI is InChI=1S/C27H42N2O2/c1-6-29-17(3)22(16(2)28-29)13-18-14-24-21-8-7-19-15-20(30)9-11-26(19,4)23(21)10-12-27(24,5)25(18)31/h13,19-21,23-25,30-31H,6-12,14-15H2,1-5H3/b18-13+/t19-,20-,21+,23-,24-,25+,26-,27-/m0/s1. The summed E-state index contributed by atoms with van der Waals surface area (Å²) in [5.41, 5.74) is 5.13. The molecule has 8 atom stereocenters. The highest BCUT2D eigenvalue weighted by Gasteiger charge is 2.61. The number of nitrogens with zero attached hydrogens (tertiary/aromatic N) is 2. The van der Waals surface area contributed by atoms with E-state index < -0.39 is 0 Å². The molecule has 0 radical (unpaired) electrons. The molecule has 0 aliphatic heterocycles. The maximum atomic E-state index is 11.5. The molecule has 0 spiro atoms. The Kier molecular flexibility index (Phi) is 5.21. The second-order valence-electron chi connectivity index (χ2n) is 11.9. The summed E-state index contributed by atoms with van der Waals surface area (Å²) in [4.78, 5) is 0. The van der Waals surface area contributed by atoms with Gasteiger partial charge in [-0.2, -0.15) is 5.10 Å². The van der Waals surface area contributed by atoms with Crippen LogP contribution in [0.25, 0.3) is 6.08 Å². The highest BCUT2D eigenvalue weighted by molar-refractivity contribution is 5.59. The first kappa shape index (κ1) is 21.7. The van der Waals surface area contributed by atoms with Gasteiger partial charge < -0.3 is 10.2 Å². The molecule has 0 bridgehead atoms. The Balaban J connectivity index is 1.46. The summed E-state index contributed by atoms with van der Waals surface area (Å²) in [7, 11) is 0. The Morgan fingerprint density at radius 2 is 1.77 bits per heavy atom. The van der Waals surface area contributed by atoms with Crippen LogP contribution in [0.2, 0.25) is 0 Å². The molecular weight excluding hydrogens is 384 g/mol. The van der Waals surface area contributed by atoms with Crippen molar-refractivity contribution < 1.29 is 10.2 Å². The molecule has 4 aliphatic carbocycles. The van der Waals surface area contributed by atoms with Crippen LogP contribution in [0.1, 0.15) is 89.1 Å². The summed E-state index contributed by atoms with van der Waals surface area (Å²) < 4.78 is 2.08. The maximum absolute atomic E-state index is 11.5. The van der Waals surface area contributed by atoms with E-state index in [1.165, 1.54) is 42.5 Å². The largest absolute Gasteiger partial charge is 0.393 e. The lowest BCUT2D eigenvalue weighted by Gasteiger charge is -2.60. The molecule has 4 fully saturated rings. The zero-order valence-corrected chi connectivity index (χ0v) is 20.2. The fourth-order valence-corrected chi connectivity index (χ4v) is 8.65. The van der Waals surface area contributed by atoms with E-state index in [4.69, 9.17) is 5.10 Å². The van der Waals surface area contributed by atoms with Crippen molar-refractivity contribution in [3.8, 4) is 0 Å². The fraction of sp³-hybridized carbons (Fsp3) is 0.815. The third-order valence-corrected chi connectivity index (χ3v) is 10.6. The topological polar surface area (TPSA) is 58.3 Å². The zero-order valence-electron chi connectivity index (χ0n) is 20.2. The number of aryl methyl sites for hydroxylation is 2. The molecule has 0 amide bonds. The van der Waals surface area contributed by atoms with E-state index >= 15 is 0 Å². The van der Waals surface area contributed by atoms with Crippen LogP contribution in [0.3, 0.4) is 0 Å². The molecule has 1 heterocycles. The fourth-order valence-electron chi connectivity index (χ4n) is 8.65. The van der Waals surface area contributed by atoms with Crippen molar-refractivity contribution in [3.05, 3.63) is 22.5 Å². The van der Waals surface area contributed by atoms with Crippen LogP contribution >= 0.6 is 0 Å². The van der Waals surface area contributed by atoms with Crippen molar-refractivity contribution in [2.24, 2.45) is 34.5 Å². The van der Waals surface area contributed by atoms with Crippen LogP contribution in [0.15, 0.2) is 5.57 Å². The molecule has 4 aliphatic rings. The van der Waals surface area contributed by atoms with Gasteiger partial charge in [0.2, 0.25) is 0 Å². The van der Waals surface area contributed by atoms with Crippen molar-refractivity contribution in [3.63, 3.8) is 0 Å². The van der Waals surface area contributed by atoms with E-state index in [2.05, 4.69) is 45.4 Å².